The molecular formula is C9H15NO. The van der Waals surface area contributed by atoms with Crippen molar-refractivity contribution in [1.82, 2.24) is 4.90 Å². The van der Waals surface area contributed by atoms with Gasteiger partial charge in [0.15, 0.2) is 0 Å². The van der Waals surface area contributed by atoms with Crippen LogP contribution in [-0.4, -0.2) is 23.9 Å². The topological polar surface area (TPSA) is 20.3 Å². The van der Waals surface area contributed by atoms with Crippen LogP contribution in [0.5, 0.6) is 0 Å². The van der Waals surface area contributed by atoms with E-state index in [1.54, 1.807) is 6.92 Å². The molecule has 0 N–H and O–H groups in total. The summed E-state index contributed by atoms with van der Waals surface area (Å²) in [6, 6.07) is 0.566. The van der Waals surface area contributed by atoms with E-state index in [0.29, 0.717) is 6.04 Å². The van der Waals surface area contributed by atoms with Crippen LogP contribution in [0.2, 0.25) is 0 Å². The zero-order valence-electron chi connectivity index (χ0n) is 7.21. The van der Waals surface area contributed by atoms with Gasteiger partial charge >= 0.3 is 0 Å². The minimum atomic E-state index is 0.219. The number of fused-ring (bicyclic) bond motifs is 1. The van der Waals surface area contributed by atoms with Crippen LogP contribution < -0.4 is 0 Å². The lowest BCUT2D eigenvalue weighted by Crippen LogP contribution is -2.34. The fourth-order valence-corrected chi connectivity index (χ4v) is 2.26. The third-order valence-electron chi connectivity index (χ3n) is 3.26. The number of amides is 1. The van der Waals surface area contributed by atoms with Crippen LogP contribution in [0.3, 0.4) is 0 Å². The second-order valence-corrected chi connectivity index (χ2v) is 4.01. The molecule has 2 heteroatoms. The maximum Gasteiger partial charge on any atom is 0.219 e. The van der Waals surface area contributed by atoms with Crippen LogP contribution in [0, 0.1) is 11.8 Å². The van der Waals surface area contributed by atoms with E-state index in [9.17, 15) is 4.79 Å². The summed E-state index contributed by atoms with van der Waals surface area (Å²) in [5.41, 5.74) is 0. The predicted octanol–water partition coefficient (Wildman–Crippen LogP) is 1.26. The van der Waals surface area contributed by atoms with Crippen molar-refractivity contribution in [2.75, 3.05) is 7.05 Å². The van der Waals surface area contributed by atoms with Gasteiger partial charge in [0, 0.05) is 20.0 Å². The number of hydrogen-bond acceptors (Lipinski definition) is 1. The number of carbonyl (C=O) groups excluding carboxylic acids is 1. The summed E-state index contributed by atoms with van der Waals surface area (Å²) in [5, 5.41) is 0. The van der Waals surface area contributed by atoms with Crippen molar-refractivity contribution in [3.8, 4) is 0 Å². The summed E-state index contributed by atoms with van der Waals surface area (Å²) >= 11 is 0. The SMILES string of the molecule is CC(=O)N(C)C1C[C@@H]2C[C@@H]2C1. The molecule has 3 atom stereocenters. The molecule has 0 heterocycles. The minimum Gasteiger partial charge on any atom is -0.343 e. The van der Waals surface area contributed by atoms with Gasteiger partial charge < -0.3 is 4.90 Å². The maximum absolute atomic E-state index is 11.0. The largest absolute Gasteiger partial charge is 0.343 e. The van der Waals surface area contributed by atoms with Gasteiger partial charge in [-0.2, -0.15) is 0 Å². The molecule has 0 saturated heterocycles. The van der Waals surface area contributed by atoms with Gasteiger partial charge in [-0.25, -0.2) is 0 Å². The highest BCUT2D eigenvalue weighted by atomic mass is 16.2. The van der Waals surface area contributed by atoms with Crippen LogP contribution >= 0.6 is 0 Å². The van der Waals surface area contributed by atoms with Crippen LogP contribution in [0.4, 0.5) is 0 Å². The molecule has 2 saturated carbocycles. The van der Waals surface area contributed by atoms with E-state index in [1.807, 2.05) is 11.9 Å². The lowest BCUT2D eigenvalue weighted by Gasteiger charge is -2.24. The van der Waals surface area contributed by atoms with E-state index in [4.69, 9.17) is 0 Å². The summed E-state index contributed by atoms with van der Waals surface area (Å²) in [6.45, 7) is 1.66. The Kier molecular flexibility index (Phi) is 1.44. The van der Waals surface area contributed by atoms with Gasteiger partial charge in [-0.1, -0.05) is 0 Å². The van der Waals surface area contributed by atoms with Crippen molar-refractivity contribution < 1.29 is 4.79 Å². The summed E-state index contributed by atoms with van der Waals surface area (Å²) in [5.74, 6) is 2.17. The molecule has 2 nitrogen and oxygen atoms in total. The molecule has 1 amide bonds. The van der Waals surface area contributed by atoms with Gasteiger partial charge in [0.25, 0.3) is 0 Å². The number of rotatable bonds is 1. The maximum atomic E-state index is 11.0. The lowest BCUT2D eigenvalue weighted by molar-refractivity contribution is -0.129. The Morgan fingerprint density at radius 3 is 2.27 bits per heavy atom. The average Bonchev–Trinajstić information content (AvgIpc) is 2.57. The normalized spacial score (nSPS) is 40.0. The fourth-order valence-electron chi connectivity index (χ4n) is 2.26. The molecule has 0 radical (unpaired) electrons. The van der Waals surface area contributed by atoms with Gasteiger partial charge in [0.1, 0.15) is 0 Å². The Labute approximate surface area is 67.6 Å². The Bertz CT molecular complexity index is 180. The van der Waals surface area contributed by atoms with Crippen molar-refractivity contribution in [3.05, 3.63) is 0 Å². The molecule has 11 heavy (non-hydrogen) atoms. The quantitative estimate of drug-likeness (QED) is 0.555. The highest BCUT2D eigenvalue weighted by molar-refractivity contribution is 5.73. The van der Waals surface area contributed by atoms with Crippen molar-refractivity contribution >= 4 is 5.91 Å². The van der Waals surface area contributed by atoms with Gasteiger partial charge in [-0.05, 0) is 31.1 Å². The molecule has 1 unspecified atom stereocenters. The third kappa shape index (κ3) is 1.15. The number of hydrogen-bond donors (Lipinski definition) is 0. The van der Waals surface area contributed by atoms with E-state index < -0.39 is 0 Å². The summed E-state index contributed by atoms with van der Waals surface area (Å²) < 4.78 is 0. The van der Waals surface area contributed by atoms with E-state index in [2.05, 4.69) is 0 Å². The van der Waals surface area contributed by atoms with Gasteiger partial charge in [-0.15, -0.1) is 0 Å². The Hall–Kier alpha value is -0.530. The lowest BCUT2D eigenvalue weighted by atomic mass is 10.1. The first-order chi connectivity index (χ1) is 5.18. The molecular weight excluding hydrogens is 138 g/mol. The second kappa shape index (κ2) is 2.23. The van der Waals surface area contributed by atoms with Gasteiger partial charge in [0.2, 0.25) is 5.91 Å². The molecule has 2 aliphatic rings. The molecule has 0 aromatic rings. The van der Waals surface area contributed by atoms with Crippen molar-refractivity contribution in [3.63, 3.8) is 0 Å². The molecule has 0 aliphatic heterocycles. The zero-order chi connectivity index (χ0) is 8.01. The highest BCUT2D eigenvalue weighted by Gasteiger charge is 2.47. The summed E-state index contributed by atoms with van der Waals surface area (Å²) in [6.07, 6.45) is 3.96. The molecule has 0 aromatic heterocycles. The Morgan fingerprint density at radius 1 is 1.27 bits per heavy atom. The predicted molar refractivity (Wildman–Crippen MR) is 43.1 cm³/mol. The van der Waals surface area contributed by atoms with Crippen molar-refractivity contribution in [2.45, 2.75) is 32.2 Å². The van der Waals surface area contributed by atoms with E-state index in [1.165, 1.54) is 19.3 Å². The van der Waals surface area contributed by atoms with E-state index in [-0.39, 0.29) is 5.91 Å². The smallest absolute Gasteiger partial charge is 0.219 e. The second-order valence-electron chi connectivity index (χ2n) is 4.01. The first kappa shape index (κ1) is 7.14. The monoisotopic (exact) mass is 153 g/mol. The molecule has 2 rings (SSSR count). The zero-order valence-corrected chi connectivity index (χ0v) is 7.21. The van der Waals surface area contributed by atoms with Crippen molar-refractivity contribution in [2.24, 2.45) is 11.8 Å². The van der Waals surface area contributed by atoms with E-state index >= 15 is 0 Å². The minimum absolute atomic E-state index is 0.219. The van der Waals surface area contributed by atoms with Crippen LogP contribution in [-0.2, 0) is 4.79 Å². The number of carbonyl (C=O) groups is 1. The first-order valence-electron chi connectivity index (χ1n) is 4.42. The molecule has 62 valence electrons. The molecule has 2 fully saturated rings. The van der Waals surface area contributed by atoms with Gasteiger partial charge in [0.05, 0.1) is 0 Å². The van der Waals surface area contributed by atoms with Crippen LogP contribution in [0.1, 0.15) is 26.2 Å². The van der Waals surface area contributed by atoms with E-state index in [0.717, 1.165) is 11.8 Å². The highest BCUT2D eigenvalue weighted by Crippen LogP contribution is 2.52. The number of nitrogens with zero attached hydrogens (tertiary/aromatic N) is 1. The molecule has 0 bridgehead atoms. The Balaban J connectivity index is 1.91. The van der Waals surface area contributed by atoms with Crippen LogP contribution in [0.15, 0.2) is 0 Å². The standard InChI is InChI=1S/C9H15NO/c1-6(11)10(2)9-4-7-3-8(7)5-9/h7-9H,3-5H2,1-2H3/t7-,8+,9?. The third-order valence-corrected chi connectivity index (χ3v) is 3.26. The summed E-state index contributed by atoms with van der Waals surface area (Å²) in [4.78, 5) is 12.9. The van der Waals surface area contributed by atoms with Gasteiger partial charge in [-0.3, -0.25) is 4.79 Å². The first-order valence-corrected chi connectivity index (χ1v) is 4.42. The summed E-state index contributed by atoms with van der Waals surface area (Å²) in [7, 11) is 1.93. The molecule has 0 aromatic carbocycles. The van der Waals surface area contributed by atoms with Crippen LogP contribution in [0.25, 0.3) is 0 Å². The molecule has 2 aliphatic carbocycles. The average molecular weight is 153 g/mol. The fraction of sp³-hybridized carbons (Fsp3) is 0.889. The Morgan fingerprint density at radius 2 is 1.82 bits per heavy atom. The van der Waals surface area contributed by atoms with Crippen molar-refractivity contribution in [1.29, 1.82) is 0 Å². The molecule has 0 spiro atoms.